The second-order valence-electron chi connectivity index (χ2n) is 8.60. The van der Waals surface area contributed by atoms with Crippen LogP contribution in [0.5, 0.6) is 5.75 Å². The zero-order valence-electron chi connectivity index (χ0n) is 20.8. The number of hydrogen-bond donors (Lipinski definition) is 1. The first kappa shape index (κ1) is 27.3. The van der Waals surface area contributed by atoms with Gasteiger partial charge in [-0.25, -0.2) is 4.79 Å². The van der Waals surface area contributed by atoms with Gasteiger partial charge in [-0.1, -0.05) is 67.6 Å². The maximum absolute atomic E-state index is 12.0. The van der Waals surface area contributed by atoms with E-state index in [-0.39, 0.29) is 25.0 Å². The van der Waals surface area contributed by atoms with Crippen molar-refractivity contribution < 1.29 is 27.9 Å². The first-order chi connectivity index (χ1) is 17.3. The molecule has 0 aliphatic rings. The van der Waals surface area contributed by atoms with Gasteiger partial charge in [0.15, 0.2) is 17.1 Å². The molecular weight excluding hydrogens is 482 g/mol. The predicted molar refractivity (Wildman–Crippen MR) is 138 cm³/mol. The molecule has 1 amide bonds. The molecule has 9 heteroatoms. The molecule has 3 aromatic rings. The summed E-state index contributed by atoms with van der Waals surface area (Å²) in [4.78, 5) is 34.5. The fourth-order valence-corrected chi connectivity index (χ4v) is 4.26. The molecule has 0 fully saturated rings. The molecule has 1 N–H and O–H groups in total. The van der Waals surface area contributed by atoms with Gasteiger partial charge >= 0.3 is 5.82 Å². The lowest BCUT2D eigenvalue weighted by atomic mass is 10.1. The molecule has 3 rings (SSSR count). The summed E-state index contributed by atoms with van der Waals surface area (Å²) in [6, 6.07) is 15.3. The van der Waals surface area contributed by atoms with Crippen molar-refractivity contribution in [1.29, 1.82) is 0 Å². The third-order valence-electron chi connectivity index (χ3n) is 5.57. The van der Waals surface area contributed by atoms with Crippen LogP contribution in [-0.2, 0) is 27.4 Å². The fourth-order valence-electron chi connectivity index (χ4n) is 3.60. The maximum Gasteiger partial charge on any atom is 0.519 e. The van der Waals surface area contributed by atoms with Crippen LogP contribution in [-0.4, -0.2) is 30.4 Å². The molecule has 0 saturated heterocycles. The summed E-state index contributed by atoms with van der Waals surface area (Å²) < 4.78 is 22.5. The van der Waals surface area contributed by atoms with E-state index in [1.54, 1.807) is 7.05 Å². The minimum Gasteiger partial charge on any atom is -0.491 e. The van der Waals surface area contributed by atoms with Gasteiger partial charge in [-0.15, -0.1) is 0 Å². The van der Waals surface area contributed by atoms with Gasteiger partial charge in [-0.3, -0.25) is 9.59 Å². The predicted octanol–water partition coefficient (Wildman–Crippen LogP) is 4.58. The van der Waals surface area contributed by atoms with Gasteiger partial charge in [-0.2, -0.15) is 0 Å². The smallest absolute Gasteiger partial charge is 0.491 e. The Kier molecular flexibility index (Phi) is 9.95. The van der Waals surface area contributed by atoms with Crippen molar-refractivity contribution in [2.24, 2.45) is 0 Å². The topological polar surface area (TPSA) is 108 Å². The minimum absolute atomic E-state index is 0.0180. The minimum atomic E-state index is -0.745. The number of hydrogen-bond acceptors (Lipinski definition) is 8. The Morgan fingerprint density at radius 1 is 1.08 bits per heavy atom. The fraction of sp³-hybridized carbons (Fsp3) is 0.370. The van der Waals surface area contributed by atoms with Crippen LogP contribution in [0.15, 0.2) is 62.2 Å². The molecule has 2 atom stereocenters. The summed E-state index contributed by atoms with van der Waals surface area (Å²) >= 11 is 0.954. The van der Waals surface area contributed by atoms with E-state index in [2.05, 4.69) is 5.32 Å². The summed E-state index contributed by atoms with van der Waals surface area (Å²) in [5.74, 6) is 0.523. The molecule has 2 aromatic carbocycles. The van der Waals surface area contributed by atoms with Crippen molar-refractivity contribution in [3.63, 3.8) is 0 Å². The molecule has 0 saturated carbocycles. The zero-order chi connectivity index (χ0) is 26.1. The van der Waals surface area contributed by atoms with E-state index in [1.165, 1.54) is 0 Å². The number of rotatable bonds is 13. The molecule has 1 aromatic heterocycles. The molecule has 0 bridgehead atoms. The molecule has 8 nitrogen and oxygen atoms in total. The molecule has 1 heterocycles. The van der Waals surface area contributed by atoms with Gasteiger partial charge in [0.25, 0.3) is 0 Å². The quantitative estimate of drug-likeness (QED) is 0.331. The Balaban J connectivity index is 1.69. The monoisotopic (exact) mass is 513 g/mol. The average molecular weight is 514 g/mol. The first-order valence-electron chi connectivity index (χ1n) is 11.6. The standard InChI is InChI=1S/C27H31NO7S/c1-17(2)25-23(34-27(31)35-25)15-33-22(20-9-5-18(3)6-10-20)14-32-21-11-7-19(8-12-21)13-24(36-16-29)26(30)28-4/h5-12,16-17,22,24H,13-15H2,1-4H3,(H,28,30). The summed E-state index contributed by atoms with van der Waals surface area (Å²) in [5, 5.41) is 2.09. The summed E-state index contributed by atoms with van der Waals surface area (Å²) in [6.07, 6.45) is -0.000805. The van der Waals surface area contributed by atoms with Crippen molar-refractivity contribution in [2.75, 3.05) is 13.7 Å². The highest BCUT2D eigenvalue weighted by molar-refractivity contribution is 8.13. The average Bonchev–Trinajstić information content (AvgIpc) is 3.25. The van der Waals surface area contributed by atoms with E-state index >= 15 is 0 Å². The number of amides is 1. The molecule has 192 valence electrons. The van der Waals surface area contributed by atoms with Gasteiger partial charge in [0.1, 0.15) is 25.1 Å². The van der Waals surface area contributed by atoms with Gasteiger partial charge in [0.05, 0.1) is 5.25 Å². The third-order valence-corrected chi connectivity index (χ3v) is 6.39. The highest BCUT2D eigenvalue weighted by Crippen LogP contribution is 2.25. The number of benzene rings is 2. The third kappa shape index (κ3) is 7.60. The number of carbonyl (C=O) groups is 2. The van der Waals surface area contributed by atoms with Crippen LogP contribution in [0, 0.1) is 6.92 Å². The summed E-state index contributed by atoms with van der Waals surface area (Å²) in [7, 11) is 1.55. The Morgan fingerprint density at radius 3 is 2.39 bits per heavy atom. The highest BCUT2D eigenvalue weighted by Gasteiger charge is 2.21. The van der Waals surface area contributed by atoms with Crippen LogP contribution in [0.4, 0.5) is 0 Å². The maximum atomic E-state index is 12.0. The number of carbonyl (C=O) groups excluding carboxylic acids is 2. The van der Waals surface area contributed by atoms with E-state index in [1.807, 2.05) is 69.3 Å². The molecule has 0 radical (unpaired) electrons. The van der Waals surface area contributed by atoms with E-state index < -0.39 is 17.2 Å². The molecule has 0 spiro atoms. The number of nitrogens with one attached hydrogen (secondary N) is 1. The van der Waals surface area contributed by atoms with Crippen molar-refractivity contribution in [1.82, 2.24) is 5.32 Å². The SMILES string of the molecule is CNC(=O)C(Cc1ccc(OCC(OCc2oc(=O)oc2C(C)C)c2ccc(C)cc2)cc1)SC=O. The van der Waals surface area contributed by atoms with E-state index in [9.17, 15) is 14.4 Å². The molecule has 0 aliphatic carbocycles. The second-order valence-corrected chi connectivity index (χ2v) is 9.63. The van der Waals surface area contributed by atoms with Crippen LogP contribution in [0.3, 0.4) is 0 Å². The van der Waals surface area contributed by atoms with Gasteiger partial charge in [-0.05, 0) is 36.6 Å². The lowest BCUT2D eigenvalue weighted by Gasteiger charge is -2.19. The van der Waals surface area contributed by atoms with Crippen molar-refractivity contribution in [3.8, 4) is 5.75 Å². The van der Waals surface area contributed by atoms with E-state index in [0.717, 1.165) is 28.5 Å². The Bertz CT molecular complexity index is 1180. The van der Waals surface area contributed by atoms with Crippen molar-refractivity contribution >= 4 is 23.3 Å². The van der Waals surface area contributed by atoms with Crippen LogP contribution < -0.4 is 15.9 Å². The van der Waals surface area contributed by atoms with Crippen molar-refractivity contribution in [3.05, 3.63) is 87.4 Å². The number of thioether (sulfide) groups is 1. The Labute approximate surface area is 214 Å². The van der Waals surface area contributed by atoms with Crippen LogP contribution in [0.1, 0.15) is 54.1 Å². The lowest BCUT2D eigenvalue weighted by molar-refractivity contribution is -0.120. The summed E-state index contributed by atoms with van der Waals surface area (Å²) in [5.41, 5.74) is 3.64. The highest BCUT2D eigenvalue weighted by atomic mass is 32.2. The first-order valence-corrected chi connectivity index (χ1v) is 12.6. The normalized spacial score (nSPS) is 12.8. The second kappa shape index (κ2) is 13.1. The van der Waals surface area contributed by atoms with E-state index in [0.29, 0.717) is 29.3 Å². The number of ether oxygens (including phenoxy) is 2. The molecule has 0 aliphatic heterocycles. The van der Waals surface area contributed by atoms with Crippen LogP contribution >= 0.6 is 11.8 Å². The van der Waals surface area contributed by atoms with Gasteiger partial charge < -0.3 is 23.6 Å². The summed E-state index contributed by atoms with van der Waals surface area (Å²) in [6.45, 7) is 6.12. The zero-order valence-corrected chi connectivity index (χ0v) is 21.6. The largest absolute Gasteiger partial charge is 0.519 e. The molecule has 36 heavy (non-hydrogen) atoms. The lowest BCUT2D eigenvalue weighted by Crippen LogP contribution is -2.31. The van der Waals surface area contributed by atoms with Gasteiger partial charge in [0.2, 0.25) is 5.91 Å². The Hall–Kier alpha value is -3.30. The van der Waals surface area contributed by atoms with Gasteiger partial charge in [0, 0.05) is 13.0 Å². The van der Waals surface area contributed by atoms with Crippen LogP contribution in [0.25, 0.3) is 0 Å². The Morgan fingerprint density at radius 2 is 1.78 bits per heavy atom. The van der Waals surface area contributed by atoms with E-state index in [4.69, 9.17) is 18.3 Å². The van der Waals surface area contributed by atoms with Crippen molar-refractivity contribution in [2.45, 2.75) is 51.1 Å². The molecular formula is C27H31NO7S. The molecule has 2 unspecified atom stereocenters. The van der Waals surface area contributed by atoms with Crippen LogP contribution in [0.2, 0.25) is 0 Å². The number of aryl methyl sites for hydroxylation is 1.